The van der Waals surface area contributed by atoms with Gasteiger partial charge in [-0.25, -0.2) is 28.2 Å². The van der Waals surface area contributed by atoms with Gasteiger partial charge in [0.25, 0.3) is 0 Å². The number of amides is 1. The number of aliphatic hydroxyl groups is 1. The molecule has 4 rings (SSSR count). The topological polar surface area (TPSA) is 151 Å². The third-order valence-corrected chi connectivity index (χ3v) is 7.87. The Bertz CT molecular complexity index is 1220. The quantitative estimate of drug-likeness (QED) is 0.562. The van der Waals surface area contributed by atoms with Gasteiger partial charge < -0.3 is 24.5 Å². The van der Waals surface area contributed by atoms with Gasteiger partial charge in [-0.15, -0.1) is 0 Å². The van der Waals surface area contributed by atoms with E-state index in [0.717, 1.165) is 6.26 Å². The van der Waals surface area contributed by atoms with Gasteiger partial charge in [-0.2, -0.15) is 4.31 Å². The van der Waals surface area contributed by atoms with Crippen molar-refractivity contribution < 1.29 is 27.5 Å². The van der Waals surface area contributed by atoms with Crippen LogP contribution in [0.5, 0.6) is 0 Å². The summed E-state index contributed by atoms with van der Waals surface area (Å²) in [5.74, 6) is 1.21. The summed E-state index contributed by atoms with van der Waals surface area (Å²) in [5, 5.41) is 13.8. The van der Waals surface area contributed by atoms with Crippen LogP contribution in [0, 0.1) is 0 Å². The Labute approximate surface area is 221 Å². The van der Waals surface area contributed by atoms with Gasteiger partial charge in [0.2, 0.25) is 16.0 Å². The lowest BCUT2D eigenvalue weighted by Gasteiger charge is -2.34. The second kappa shape index (κ2) is 10.7. The third kappa shape index (κ3) is 6.89. The maximum absolute atomic E-state index is 12.3. The third-order valence-electron chi connectivity index (χ3n) is 6.33. The number of anilines is 1. The highest BCUT2D eigenvalue weighted by atomic mass is 35.5. The molecule has 2 aliphatic heterocycles. The van der Waals surface area contributed by atoms with Crippen molar-refractivity contribution in [2.45, 2.75) is 63.7 Å². The molecule has 0 unspecified atom stereocenters. The number of halogens is 1. The summed E-state index contributed by atoms with van der Waals surface area (Å²) in [6, 6.07) is -0.424. The van der Waals surface area contributed by atoms with E-state index in [2.05, 4.69) is 20.3 Å². The number of ether oxygens (including phenoxy) is 1. The minimum absolute atomic E-state index is 0.00481. The van der Waals surface area contributed by atoms with Gasteiger partial charge in [0.15, 0.2) is 11.7 Å². The number of nitrogens with zero attached hydrogens (tertiary/aromatic N) is 5. The van der Waals surface area contributed by atoms with E-state index in [1.54, 1.807) is 11.1 Å². The highest BCUT2D eigenvalue weighted by molar-refractivity contribution is 7.88. The first kappa shape index (κ1) is 27.6. The molecule has 4 heterocycles. The fourth-order valence-electron chi connectivity index (χ4n) is 4.37. The van der Waals surface area contributed by atoms with Crippen LogP contribution in [0.2, 0.25) is 5.02 Å². The number of sulfonamides is 1. The highest BCUT2D eigenvalue weighted by Crippen LogP contribution is 2.33. The van der Waals surface area contributed by atoms with Crippen LogP contribution in [0.15, 0.2) is 16.8 Å². The number of hydrogen-bond acceptors (Lipinski definition) is 10. The van der Waals surface area contributed by atoms with Crippen molar-refractivity contribution >= 4 is 33.7 Å². The van der Waals surface area contributed by atoms with Crippen molar-refractivity contribution in [3.63, 3.8) is 0 Å². The summed E-state index contributed by atoms with van der Waals surface area (Å²) in [6.45, 7) is 6.89. The molecule has 0 bridgehead atoms. The molecule has 204 valence electrons. The van der Waals surface area contributed by atoms with Crippen molar-refractivity contribution in [1.29, 1.82) is 0 Å². The number of carbonyl (C=O) groups is 1. The summed E-state index contributed by atoms with van der Waals surface area (Å²) >= 11 is 6.35. The average molecular weight is 557 g/mol. The predicted octanol–water partition coefficient (Wildman–Crippen LogP) is 2.71. The van der Waals surface area contributed by atoms with Gasteiger partial charge in [0, 0.05) is 32.1 Å². The van der Waals surface area contributed by atoms with Gasteiger partial charge >= 0.3 is 6.09 Å². The number of rotatable bonds is 5. The lowest BCUT2D eigenvalue weighted by atomic mass is 9.97. The van der Waals surface area contributed by atoms with E-state index in [9.17, 15) is 18.3 Å². The summed E-state index contributed by atoms with van der Waals surface area (Å²) in [6.07, 6.45) is 4.65. The van der Waals surface area contributed by atoms with Gasteiger partial charge in [0.05, 0.1) is 35.8 Å². The first-order valence-electron chi connectivity index (χ1n) is 12.2. The summed E-state index contributed by atoms with van der Waals surface area (Å²) < 4.78 is 36.2. The van der Waals surface area contributed by atoms with E-state index in [0.29, 0.717) is 49.7 Å². The van der Waals surface area contributed by atoms with E-state index in [-0.39, 0.29) is 36.1 Å². The van der Waals surface area contributed by atoms with Crippen molar-refractivity contribution in [3.8, 4) is 11.5 Å². The first-order valence-corrected chi connectivity index (χ1v) is 14.4. The number of likely N-dealkylation sites (tertiary alicyclic amines) is 1. The standard InChI is InChI=1S/C23H33ClN6O6S/c1-23(2,3)36-22(32)29-8-5-14(6-9-29)20-25-12-18(35-20)19-15(24)11-26-21(28-19)27-16-7-10-30(13-17(16)31)37(4,33)34/h11-12,14,16-17,31H,5-10,13H2,1-4H3,(H,26,27,28)/t16-,17-/m1/s1. The van der Waals surface area contributed by atoms with Crippen molar-refractivity contribution in [2.24, 2.45) is 0 Å². The first-order chi connectivity index (χ1) is 17.3. The smallest absolute Gasteiger partial charge is 0.410 e. The van der Waals surface area contributed by atoms with E-state index in [1.807, 2.05) is 20.8 Å². The molecule has 2 atom stereocenters. The van der Waals surface area contributed by atoms with E-state index in [1.165, 1.54) is 10.5 Å². The molecule has 12 nitrogen and oxygen atoms in total. The molecule has 0 aromatic carbocycles. The van der Waals surface area contributed by atoms with Gasteiger partial charge in [-0.05, 0) is 40.0 Å². The zero-order chi connectivity index (χ0) is 27.0. The van der Waals surface area contributed by atoms with Gasteiger partial charge in [-0.3, -0.25) is 0 Å². The fourth-order valence-corrected chi connectivity index (χ4v) is 5.41. The maximum atomic E-state index is 12.3. The Morgan fingerprint density at radius 1 is 1.19 bits per heavy atom. The maximum Gasteiger partial charge on any atom is 0.410 e. The molecule has 1 amide bonds. The zero-order valence-electron chi connectivity index (χ0n) is 21.3. The molecule has 2 N–H and O–H groups in total. The minimum Gasteiger partial charge on any atom is -0.444 e. The molecular weight excluding hydrogens is 524 g/mol. The second-order valence-electron chi connectivity index (χ2n) is 10.4. The zero-order valence-corrected chi connectivity index (χ0v) is 22.9. The SMILES string of the molecule is CC(C)(C)OC(=O)N1CCC(c2ncc(-c3nc(N[C@@H]4CCN(S(C)(=O)=O)C[C@H]4O)ncc3Cl)o2)CC1. The molecule has 0 radical (unpaired) electrons. The van der Waals surface area contributed by atoms with Crippen LogP contribution in [0.3, 0.4) is 0 Å². The van der Waals surface area contributed by atoms with Crippen molar-refractivity contribution in [1.82, 2.24) is 24.2 Å². The average Bonchev–Trinajstić information content (AvgIpc) is 3.30. The van der Waals surface area contributed by atoms with Crippen LogP contribution in [-0.2, 0) is 14.8 Å². The fraction of sp³-hybridized carbons (Fsp3) is 0.652. The molecule has 2 aromatic heterocycles. The molecule has 14 heteroatoms. The molecular formula is C23H33ClN6O6S. The number of oxazole rings is 1. The Morgan fingerprint density at radius 3 is 2.51 bits per heavy atom. The van der Waals surface area contributed by atoms with Crippen LogP contribution in [0.25, 0.3) is 11.5 Å². The molecule has 0 spiro atoms. The normalized spacial score (nSPS) is 22.2. The lowest BCUT2D eigenvalue weighted by Crippen LogP contribution is -2.51. The largest absolute Gasteiger partial charge is 0.444 e. The van der Waals surface area contributed by atoms with Crippen LogP contribution in [0.4, 0.5) is 10.7 Å². The summed E-state index contributed by atoms with van der Waals surface area (Å²) in [7, 11) is -3.37. The molecule has 2 fully saturated rings. The molecule has 0 aliphatic carbocycles. The number of aliphatic hydroxyl groups excluding tert-OH is 1. The number of nitrogens with one attached hydrogen (secondary N) is 1. The Kier molecular flexibility index (Phi) is 7.98. The van der Waals surface area contributed by atoms with E-state index < -0.39 is 27.8 Å². The van der Waals surface area contributed by atoms with Crippen LogP contribution in [-0.4, -0.2) is 94.0 Å². The number of piperidine rings is 2. The van der Waals surface area contributed by atoms with Gasteiger partial charge in [0.1, 0.15) is 11.3 Å². The Balaban J connectivity index is 1.40. The molecule has 2 aromatic rings. The van der Waals surface area contributed by atoms with Crippen LogP contribution in [0.1, 0.15) is 51.8 Å². The van der Waals surface area contributed by atoms with E-state index >= 15 is 0 Å². The molecule has 37 heavy (non-hydrogen) atoms. The Morgan fingerprint density at radius 2 is 1.89 bits per heavy atom. The van der Waals surface area contributed by atoms with Crippen molar-refractivity contribution in [3.05, 3.63) is 23.3 Å². The highest BCUT2D eigenvalue weighted by Gasteiger charge is 2.33. The second-order valence-corrected chi connectivity index (χ2v) is 12.8. The number of hydrogen-bond donors (Lipinski definition) is 2. The van der Waals surface area contributed by atoms with E-state index in [4.69, 9.17) is 20.8 Å². The predicted molar refractivity (Wildman–Crippen MR) is 137 cm³/mol. The van der Waals surface area contributed by atoms with Gasteiger partial charge in [-0.1, -0.05) is 11.6 Å². The summed E-state index contributed by atoms with van der Waals surface area (Å²) in [5.41, 5.74) is -0.186. The van der Waals surface area contributed by atoms with Crippen LogP contribution < -0.4 is 5.32 Å². The number of β-amino-alcohol motifs (C(OH)–C–C–N with tert-alkyl or cyclic N) is 1. The molecule has 2 saturated heterocycles. The van der Waals surface area contributed by atoms with Crippen LogP contribution >= 0.6 is 11.6 Å². The number of aromatic nitrogens is 3. The lowest BCUT2D eigenvalue weighted by molar-refractivity contribution is 0.0199. The summed E-state index contributed by atoms with van der Waals surface area (Å²) in [4.78, 5) is 27.1. The number of carbonyl (C=O) groups excluding carboxylic acids is 1. The monoisotopic (exact) mass is 556 g/mol. The molecule has 2 aliphatic rings. The van der Waals surface area contributed by atoms with Crippen molar-refractivity contribution in [2.75, 3.05) is 37.8 Å². The molecule has 0 saturated carbocycles. The minimum atomic E-state index is -3.37. The Hall–Kier alpha value is -2.48.